The van der Waals surface area contributed by atoms with Crippen LogP contribution in [0, 0.1) is 6.92 Å². The van der Waals surface area contributed by atoms with E-state index in [0.29, 0.717) is 37.8 Å². The molecule has 4 N–H and O–H groups in total. The van der Waals surface area contributed by atoms with E-state index in [2.05, 4.69) is 27.8 Å². The molecule has 0 aliphatic rings. The Morgan fingerprint density at radius 1 is 1.10 bits per heavy atom. The molecular weight excluding hydrogens is 380 g/mol. The van der Waals surface area contributed by atoms with Gasteiger partial charge in [0.2, 0.25) is 5.91 Å². The molecule has 0 bridgehead atoms. The molecule has 0 aliphatic heterocycles. The lowest BCUT2D eigenvalue weighted by Crippen LogP contribution is -2.36. The van der Waals surface area contributed by atoms with Crippen LogP contribution in [-0.4, -0.2) is 38.7 Å². The number of hydrogen-bond acceptors (Lipinski definition) is 4. The molecular formula is C23H32N4O3. The maximum Gasteiger partial charge on any atom is 0.248 e. The van der Waals surface area contributed by atoms with Crippen LogP contribution < -0.4 is 21.1 Å². The van der Waals surface area contributed by atoms with Gasteiger partial charge in [0.05, 0.1) is 13.2 Å². The van der Waals surface area contributed by atoms with Crippen molar-refractivity contribution in [1.29, 1.82) is 0 Å². The number of guanidine groups is 1. The van der Waals surface area contributed by atoms with Crippen molar-refractivity contribution in [2.75, 3.05) is 26.9 Å². The number of aryl methyl sites for hydroxylation is 1. The Labute approximate surface area is 178 Å². The average molecular weight is 413 g/mol. The van der Waals surface area contributed by atoms with Crippen LogP contribution in [0.3, 0.4) is 0 Å². The van der Waals surface area contributed by atoms with Gasteiger partial charge in [-0.1, -0.05) is 24.3 Å². The molecule has 2 aromatic rings. The topological polar surface area (TPSA) is 98.0 Å². The summed E-state index contributed by atoms with van der Waals surface area (Å²) in [6.07, 6.45) is 0.843. The molecule has 0 heterocycles. The number of nitrogens with one attached hydrogen (secondary N) is 2. The van der Waals surface area contributed by atoms with Crippen LogP contribution in [0.15, 0.2) is 47.5 Å². The van der Waals surface area contributed by atoms with Gasteiger partial charge in [0.1, 0.15) is 5.75 Å². The van der Waals surface area contributed by atoms with Gasteiger partial charge in [-0.2, -0.15) is 0 Å². The molecule has 2 rings (SSSR count). The lowest BCUT2D eigenvalue weighted by Gasteiger charge is -2.15. The van der Waals surface area contributed by atoms with E-state index >= 15 is 0 Å². The minimum absolute atomic E-state index is 0.432. The van der Waals surface area contributed by atoms with Crippen molar-refractivity contribution in [1.82, 2.24) is 10.6 Å². The highest BCUT2D eigenvalue weighted by Gasteiger charge is 2.06. The van der Waals surface area contributed by atoms with Crippen molar-refractivity contribution in [3.8, 4) is 5.75 Å². The zero-order valence-electron chi connectivity index (χ0n) is 18.0. The predicted octanol–water partition coefficient (Wildman–Crippen LogP) is 2.76. The molecule has 0 aromatic heterocycles. The van der Waals surface area contributed by atoms with Gasteiger partial charge >= 0.3 is 0 Å². The van der Waals surface area contributed by atoms with Crippen molar-refractivity contribution < 1.29 is 14.3 Å². The largest absolute Gasteiger partial charge is 0.493 e. The summed E-state index contributed by atoms with van der Waals surface area (Å²) >= 11 is 0. The fourth-order valence-electron chi connectivity index (χ4n) is 2.79. The molecule has 0 saturated carbocycles. The normalized spacial score (nSPS) is 11.2. The number of primary amides is 1. The maximum absolute atomic E-state index is 11.2. The van der Waals surface area contributed by atoms with E-state index in [1.54, 1.807) is 19.2 Å². The number of methoxy groups -OCH3 is 1. The summed E-state index contributed by atoms with van der Waals surface area (Å²) in [5, 5.41) is 6.61. The lowest BCUT2D eigenvalue weighted by atomic mass is 10.1. The van der Waals surface area contributed by atoms with Gasteiger partial charge in [-0.05, 0) is 43.2 Å². The maximum atomic E-state index is 11.2. The Morgan fingerprint density at radius 3 is 2.53 bits per heavy atom. The van der Waals surface area contributed by atoms with Crippen molar-refractivity contribution in [2.24, 2.45) is 10.7 Å². The van der Waals surface area contributed by atoms with Crippen LogP contribution in [0.4, 0.5) is 0 Å². The van der Waals surface area contributed by atoms with Crippen molar-refractivity contribution in [3.63, 3.8) is 0 Å². The second-order valence-electron chi connectivity index (χ2n) is 6.92. The molecule has 30 heavy (non-hydrogen) atoms. The van der Waals surface area contributed by atoms with E-state index in [1.807, 2.05) is 32.0 Å². The minimum Gasteiger partial charge on any atom is -0.493 e. The number of aliphatic imine (C=N–C) groups is 1. The number of benzene rings is 2. The number of nitrogens with two attached hydrogens (primary N) is 1. The first kappa shape index (κ1) is 23.2. The Kier molecular flexibility index (Phi) is 9.67. The van der Waals surface area contributed by atoms with E-state index in [1.165, 1.54) is 0 Å². The van der Waals surface area contributed by atoms with Crippen LogP contribution >= 0.6 is 0 Å². The summed E-state index contributed by atoms with van der Waals surface area (Å²) in [6.45, 7) is 7.19. The van der Waals surface area contributed by atoms with Crippen LogP contribution in [0.2, 0.25) is 0 Å². The quantitative estimate of drug-likeness (QED) is 0.299. The fourth-order valence-corrected chi connectivity index (χ4v) is 2.79. The van der Waals surface area contributed by atoms with Crippen LogP contribution in [0.5, 0.6) is 5.75 Å². The number of rotatable bonds is 11. The molecule has 0 atom stereocenters. The zero-order valence-corrected chi connectivity index (χ0v) is 18.0. The molecule has 0 fully saturated rings. The SMILES string of the molecule is CCNC(=NCc1ccc(C(N)=O)cc1)NCc1ccc(C)cc1OCCCOC. The highest BCUT2D eigenvalue weighted by Crippen LogP contribution is 2.20. The van der Waals surface area contributed by atoms with Crippen molar-refractivity contribution >= 4 is 11.9 Å². The standard InChI is InChI=1S/C23H32N4O3/c1-4-25-23(26-15-18-7-10-19(11-8-18)22(24)28)27-16-20-9-6-17(2)14-21(20)30-13-5-12-29-3/h6-11,14H,4-5,12-13,15-16H2,1-3H3,(H2,24,28)(H2,25,26,27). The summed E-state index contributed by atoms with van der Waals surface area (Å²) in [4.78, 5) is 15.8. The van der Waals surface area contributed by atoms with Gasteiger partial charge in [-0.15, -0.1) is 0 Å². The average Bonchev–Trinajstić information content (AvgIpc) is 2.74. The Morgan fingerprint density at radius 2 is 1.87 bits per heavy atom. The first-order valence-corrected chi connectivity index (χ1v) is 10.2. The van der Waals surface area contributed by atoms with E-state index in [0.717, 1.165) is 35.4 Å². The molecule has 0 saturated heterocycles. The van der Waals surface area contributed by atoms with Gasteiger partial charge in [-0.25, -0.2) is 4.99 Å². The molecule has 1 amide bonds. The number of amides is 1. The lowest BCUT2D eigenvalue weighted by molar-refractivity contribution is 0.100. The number of nitrogens with zero attached hydrogens (tertiary/aromatic N) is 1. The highest BCUT2D eigenvalue weighted by molar-refractivity contribution is 5.92. The van der Waals surface area contributed by atoms with Crippen LogP contribution in [0.25, 0.3) is 0 Å². The third-order valence-electron chi connectivity index (χ3n) is 4.42. The van der Waals surface area contributed by atoms with Gasteiger partial charge in [0.15, 0.2) is 5.96 Å². The molecule has 0 unspecified atom stereocenters. The van der Waals surface area contributed by atoms with Crippen molar-refractivity contribution in [3.05, 3.63) is 64.7 Å². The van der Waals surface area contributed by atoms with E-state index in [4.69, 9.17) is 15.2 Å². The molecule has 7 heteroatoms. The molecule has 0 aliphatic carbocycles. The smallest absolute Gasteiger partial charge is 0.248 e. The second kappa shape index (κ2) is 12.5. The van der Waals surface area contributed by atoms with Crippen LogP contribution in [-0.2, 0) is 17.8 Å². The molecule has 2 aromatic carbocycles. The van der Waals surface area contributed by atoms with Gasteiger partial charge < -0.3 is 25.8 Å². The molecule has 162 valence electrons. The molecule has 0 spiro atoms. The summed E-state index contributed by atoms with van der Waals surface area (Å²) in [5.41, 5.74) is 8.99. The monoisotopic (exact) mass is 412 g/mol. The Balaban J connectivity index is 2.01. The third kappa shape index (κ3) is 7.75. The first-order chi connectivity index (χ1) is 14.5. The number of carbonyl (C=O) groups is 1. The number of carbonyl (C=O) groups excluding carboxylic acids is 1. The first-order valence-electron chi connectivity index (χ1n) is 10.2. The summed E-state index contributed by atoms with van der Waals surface area (Å²) < 4.78 is 11.0. The number of hydrogen-bond donors (Lipinski definition) is 3. The van der Waals surface area contributed by atoms with E-state index < -0.39 is 5.91 Å². The third-order valence-corrected chi connectivity index (χ3v) is 4.42. The van der Waals surface area contributed by atoms with Crippen LogP contribution in [0.1, 0.15) is 40.4 Å². The minimum atomic E-state index is -0.432. The van der Waals surface area contributed by atoms with E-state index in [-0.39, 0.29) is 0 Å². The Bertz CT molecular complexity index is 835. The van der Waals surface area contributed by atoms with Gasteiger partial charge in [-0.3, -0.25) is 4.79 Å². The summed E-state index contributed by atoms with van der Waals surface area (Å²) in [6, 6.07) is 13.3. The van der Waals surface area contributed by atoms with Gasteiger partial charge in [0, 0.05) is 44.4 Å². The van der Waals surface area contributed by atoms with Crippen molar-refractivity contribution in [2.45, 2.75) is 33.4 Å². The summed E-state index contributed by atoms with van der Waals surface area (Å²) in [5.74, 6) is 1.15. The zero-order chi connectivity index (χ0) is 21.8. The van der Waals surface area contributed by atoms with E-state index in [9.17, 15) is 4.79 Å². The second-order valence-corrected chi connectivity index (χ2v) is 6.92. The Hall–Kier alpha value is -3.06. The molecule has 7 nitrogen and oxygen atoms in total. The highest BCUT2D eigenvalue weighted by atomic mass is 16.5. The molecule has 0 radical (unpaired) electrons. The van der Waals surface area contributed by atoms with Gasteiger partial charge in [0.25, 0.3) is 0 Å². The summed E-state index contributed by atoms with van der Waals surface area (Å²) in [7, 11) is 1.69. The fraction of sp³-hybridized carbons (Fsp3) is 0.391. The number of ether oxygens (including phenoxy) is 2. The predicted molar refractivity (Wildman–Crippen MR) is 120 cm³/mol.